The van der Waals surface area contributed by atoms with E-state index in [1.165, 1.54) is 19.1 Å². The van der Waals surface area contributed by atoms with E-state index in [-0.39, 0.29) is 28.2 Å². The molecule has 2 rings (SSSR count). The van der Waals surface area contributed by atoms with Crippen LogP contribution in [0.2, 0.25) is 0 Å². The van der Waals surface area contributed by atoms with E-state index in [1.807, 2.05) is 0 Å². The molecule has 116 valence electrons. The topological polar surface area (TPSA) is 17.1 Å². The Morgan fingerprint density at radius 3 is 2.14 bits per heavy atom. The van der Waals surface area contributed by atoms with Crippen LogP contribution in [0.3, 0.4) is 0 Å². The van der Waals surface area contributed by atoms with Gasteiger partial charge < -0.3 is 0 Å². The van der Waals surface area contributed by atoms with Crippen molar-refractivity contribution >= 4 is 5.78 Å². The van der Waals surface area contributed by atoms with Crippen molar-refractivity contribution in [2.75, 3.05) is 0 Å². The Morgan fingerprint density at radius 2 is 1.62 bits per heavy atom. The van der Waals surface area contributed by atoms with Gasteiger partial charge in [-0.15, -0.1) is 0 Å². The van der Waals surface area contributed by atoms with E-state index in [2.05, 4.69) is 20.8 Å². The minimum absolute atomic E-state index is 0.0858. The number of carbonyl (C=O) groups is 1. The maximum absolute atomic E-state index is 13.9. The third-order valence-electron chi connectivity index (χ3n) is 4.86. The fraction of sp³-hybridized carbons (Fsp3) is 0.611. The number of hydrogen-bond donors (Lipinski definition) is 0. The molecular weight excluding hydrogens is 270 g/mol. The van der Waals surface area contributed by atoms with Gasteiger partial charge in [-0.2, -0.15) is 0 Å². The molecule has 0 unspecified atom stereocenters. The summed E-state index contributed by atoms with van der Waals surface area (Å²) >= 11 is 0. The number of hydrogen-bond acceptors (Lipinski definition) is 1. The molecule has 21 heavy (non-hydrogen) atoms. The first kappa shape index (κ1) is 16.1. The van der Waals surface area contributed by atoms with E-state index < -0.39 is 11.6 Å². The lowest BCUT2D eigenvalue weighted by molar-refractivity contribution is 0.0814. The zero-order chi connectivity index (χ0) is 15.8. The maximum Gasteiger partial charge on any atom is 0.169 e. The highest BCUT2D eigenvalue weighted by Gasteiger charge is 2.33. The number of ketones is 1. The third kappa shape index (κ3) is 3.33. The van der Waals surface area contributed by atoms with E-state index in [4.69, 9.17) is 0 Å². The van der Waals surface area contributed by atoms with Gasteiger partial charge in [0.1, 0.15) is 0 Å². The van der Waals surface area contributed by atoms with Gasteiger partial charge in [0.15, 0.2) is 17.4 Å². The maximum atomic E-state index is 13.9. The van der Waals surface area contributed by atoms with Crippen molar-refractivity contribution < 1.29 is 13.6 Å². The number of rotatable bonds is 2. The SMILES string of the molecule is Cc1ccc(C(=O)C2CCC(C(C)(C)C)CC2)c(F)c1F. The van der Waals surface area contributed by atoms with Crippen LogP contribution >= 0.6 is 0 Å². The molecule has 0 N–H and O–H groups in total. The van der Waals surface area contributed by atoms with E-state index in [9.17, 15) is 13.6 Å². The molecule has 1 nitrogen and oxygen atoms in total. The monoisotopic (exact) mass is 294 g/mol. The highest BCUT2D eigenvalue weighted by Crippen LogP contribution is 2.40. The van der Waals surface area contributed by atoms with Gasteiger partial charge in [0.05, 0.1) is 5.56 Å². The third-order valence-corrected chi connectivity index (χ3v) is 4.86. The Balaban J connectivity index is 2.11. The molecule has 0 heterocycles. The zero-order valence-corrected chi connectivity index (χ0v) is 13.3. The summed E-state index contributed by atoms with van der Waals surface area (Å²) in [5, 5.41) is 0. The normalized spacial score (nSPS) is 23.1. The van der Waals surface area contributed by atoms with Gasteiger partial charge in [-0.1, -0.05) is 26.8 Å². The van der Waals surface area contributed by atoms with Crippen LogP contribution in [0.1, 0.15) is 62.4 Å². The molecule has 0 atom stereocenters. The summed E-state index contributed by atoms with van der Waals surface area (Å²) in [5.41, 5.74) is 0.396. The second-order valence-electron chi connectivity index (χ2n) is 7.34. The van der Waals surface area contributed by atoms with Crippen LogP contribution in [0, 0.1) is 35.8 Å². The van der Waals surface area contributed by atoms with Gasteiger partial charge in [-0.3, -0.25) is 4.79 Å². The molecule has 0 radical (unpaired) electrons. The molecule has 0 bridgehead atoms. The summed E-state index contributed by atoms with van der Waals surface area (Å²) in [4.78, 5) is 12.4. The second kappa shape index (κ2) is 5.86. The summed E-state index contributed by atoms with van der Waals surface area (Å²) in [5.74, 6) is -1.69. The fourth-order valence-corrected chi connectivity index (χ4v) is 3.28. The van der Waals surface area contributed by atoms with Crippen LogP contribution in [-0.2, 0) is 0 Å². The summed E-state index contributed by atoms with van der Waals surface area (Å²) in [6, 6.07) is 2.90. The van der Waals surface area contributed by atoms with Crippen LogP contribution < -0.4 is 0 Å². The van der Waals surface area contributed by atoms with E-state index in [0.29, 0.717) is 5.92 Å². The molecule has 0 aromatic heterocycles. The van der Waals surface area contributed by atoms with Crippen molar-refractivity contribution in [3.05, 3.63) is 34.9 Å². The molecule has 1 aromatic rings. The van der Waals surface area contributed by atoms with Crippen molar-refractivity contribution in [2.45, 2.75) is 53.4 Å². The van der Waals surface area contributed by atoms with Gasteiger partial charge in [-0.05, 0) is 55.6 Å². The molecule has 1 aliphatic rings. The van der Waals surface area contributed by atoms with Crippen LogP contribution in [-0.4, -0.2) is 5.78 Å². The average Bonchev–Trinajstić information content (AvgIpc) is 2.43. The van der Waals surface area contributed by atoms with Gasteiger partial charge >= 0.3 is 0 Å². The quantitative estimate of drug-likeness (QED) is 0.676. The molecule has 0 saturated heterocycles. The Hall–Kier alpha value is -1.25. The minimum atomic E-state index is -0.988. The van der Waals surface area contributed by atoms with Gasteiger partial charge in [-0.25, -0.2) is 8.78 Å². The van der Waals surface area contributed by atoms with Gasteiger partial charge in [0.25, 0.3) is 0 Å². The summed E-state index contributed by atoms with van der Waals surface area (Å²) in [6.07, 6.45) is 3.51. The van der Waals surface area contributed by atoms with Crippen LogP contribution in [0.25, 0.3) is 0 Å². The minimum Gasteiger partial charge on any atom is -0.294 e. The number of carbonyl (C=O) groups excluding carboxylic acids is 1. The molecule has 1 fully saturated rings. The van der Waals surface area contributed by atoms with Crippen LogP contribution in [0.15, 0.2) is 12.1 Å². The first-order valence-electron chi connectivity index (χ1n) is 7.70. The standard InChI is InChI=1S/C18H24F2O/c1-11-5-10-14(16(20)15(11)19)17(21)12-6-8-13(9-7-12)18(2,3)4/h5,10,12-13H,6-9H2,1-4H3. The largest absolute Gasteiger partial charge is 0.294 e. The molecule has 1 aromatic carbocycles. The Bertz CT molecular complexity index is 535. The predicted molar refractivity (Wildman–Crippen MR) is 80.3 cm³/mol. The van der Waals surface area contributed by atoms with E-state index in [0.717, 1.165) is 25.7 Å². The number of halogens is 2. The van der Waals surface area contributed by atoms with Crippen molar-refractivity contribution in [1.29, 1.82) is 0 Å². The first-order chi connectivity index (χ1) is 9.71. The summed E-state index contributed by atoms with van der Waals surface area (Å²) in [6.45, 7) is 8.15. The molecule has 3 heteroatoms. The van der Waals surface area contributed by atoms with E-state index in [1.54, 1.807) is 0 Å². The average molecular weight is 294 g/mol. The molecular formula is C18H24F2O. The highest BCUT2D eigenvalue weighted by atomic mass is 19.2. The zero-order valence-electron chi connectivity index (χ0n) is 13.3. The van der Waals surface area contributed by atoms with Crippen molar-refractivity contribution in [2.24, 2.45) is 17.3 Å². The van der Waals surface area contributed by atoms with Crippen LogP contribution in [0.4, 0.5) is 8.78 Å². The second-order valence-corrected chi connectivity index (χ2v) is 7.34. The number of aryl methyl sites for hydroxylation is 1. The molecule has 0 spiro atoms. The van der Waals surface area contributed by atoms with Crippen molar-refractivity contribution in [1.82, 2.24) is 0 Å². The lowest BCUT2D eigenvalue weighted by Gasteiger charge is -2.36. The van der Waals surface area contributed by atoms with Crippen molar-refractivity contribution in [3.8, 4) is 0 Å². The molecule has 1 saturated carbocycles. The van der Waals surface area contributed by atoms with E-state index >= 15 is 0 Å². The number of Topliss-reactive ketones (excluding diaryl/α,β-unsaturated/α-hetero) is 1. The molecule has 0 amide bonds. The number of benzene rings is 1. The Morgan fingerprint density at radius 1 is 1.05 bits per heavy atom. The molecule has 1 aliphatic carbocycles. The molecule has 0 aliphatic heterocycles. The first-order valence-corrected chi connectivity index (χ1v) is 7.70. The Labute approximate surface area is 125 Å². The van der Waals surface area contributed by atoms with Gasteiger partial charge in [0.2, 0.25) is 0 Å². The lowest BCUT2D eigenvalue weighted by atomic mass is 9.68. The fourth-order valence-electron chi connectivity index (χ4n) is 3.28. The Kier molecular flexibility index (Phi) is 4.50. The predicted octanol–water partition coefficient (Wildman–Crippen LogP) is 5.31. The lowest BCUT2D eigenvalue weighted by Crippen LogP contribution is -2.29. The van der Waals surface area contributed by atoms with Gasteiger partial charge in [0, 0.05) is 5.92 Å². The summed E-state index contributed by atoms with van der Waals surface area (Å²) in [7, 11) is 0. The smallest absolute Gasteiger partial charge is 0.169 e. The van der Waals surface area contributed by atoms with Crippen molar-refractivity contribution in [3.63, 3.8) is 0 Å². The van der Waals surface area contributed by atoms with Crippen LogP contribution in [0.5, 0.6) is 0 Å². The highest BCUT2D eigenvalue weighted by molar-refractivity contribution is 5.98. The summed E-state index contributed by atoms with van der Waals surface area (Å²) < 4.78 is 27.5.